The van der Waals surface area contributed by atoms with Crippen molar-refractivity contribution in [2.45, 2.75) is 19.0 Å². The van der Waals surface area contributed by atoms with Gasteiger partial charge in [-0.15, -0.1) is 24.8 Å². The van der Waals surface area contributed by atoms with Crippen molar-refractivity contribution in [1.29, 1.82) is 0 Å². The molecule has 1 unspecified atom stereocenters. The zero-order valence-electron chi connectivity index (χ0n) is 14.5. The van der Waals surface area contributed by atoms with E-state index in [2.05, 4.69) is 55.4 Å². The number of carbonyl (C=O) groups excluding carboxylic acids is 1. The van der Waals surface area contributed by atoms with E-state index in [9.17, 15) is 4.79 Å². The third-order valence-corrected chi connectivity index (χ3v) is 4.15. The largest absolute Gasteiger partial charge is 0.326 e. The molecule has 1 heterocycles. The Labute approximate surface area is 161 Å². The molecule has 0 radical (unpaired) electrons. The first-order valence-electron chi connectivity index (χ1n) is 7.93. The fourth-order valence-corrected chi connectivity index (χ4v) is 3.09. The lowest BCUT2D eigenvalue weighted by atomic mass is 9.99. The molecule has 0 aromatic heterocycles. The van der Waals surface area contributed by atoms with Gasteiger partial charge in [0.2, 0.25) is 5.91 Å². The SMILES string of the molecule is CN(C)Cc1ccccc1-c1ccc(N2CC(N)CC2=O)cc1.Cl.Cl. The van der Waals surface area contributed by atoms with E-state index in [1.165, 1.54) is 16.7 Å². The molecule has 0 saturated carbocycles. The highest BCUT2D eigenvalue weighted by molar-refractivity contribution is 5.96. The Hall–Kier alpha value is -1.59. The molecule has 2 aromatic rings. The van der Waals surface area contributed by atoms with Gasteiger partial charge in [-0.1, -0.05) is 36.4 Å². The third-order valence-electron chi connectivity index (χ3n) is 4.15. The molecule has 1 aliphatic heterocycles. The molecule has 6 heteroatoms. The van der Waals surface area contributed by atoms with Gasteiger partial charge in [0.25, 0.3) is 0 Å². The van der Waals surface area contributed by atoms with Crippen molar-refractivity contribution < 1.29 is 4.79 Å². The number of anilines is 1. The molecule has 1 amide bonds. The Morgan fingerprint density at radius 3 is 2.28 bits per heavy atom. The van der Waals surface area contributed by atoms with Crippen LogP contribution in [-0.2, 0) is 11.3 Å². The van der Waals surface area contributed by atoms with Crippen molar-refractivity contribution in [3.63, 3.8) is 0 Å². The maximum absolute atomic E-state index is 12.0. The maximum atomic E-state index is 12.0. The first-order chi connectivity index (χ1) is 11.0. The van der Waals surface area contributed by atoms with Gasteiger partial charge in [0, 0.05) is 31.2 Å². The van der Waals surface area contributed by atoms with Gasteiger partial charge >= 0.3 is 0 Å². The summed E-state index contributed by atoms with van der Waals surface area (Å²) >= 11 is 0. The van der Waals surface area contributed by atoms with Crippen molar-refractivity contribution in [2.24, 2.45) is 5.73 Å². The number of hydrogen-bond donors (Lipinski definition) is 1. The molecule has 136 valence electrons. The number of halogens is 2. The topological polar surface area (TPSA) is 49.6 Å². The van der Waals surface area contributed by atoms with Gasteiger partial charge in [0.1, 0.15) is 0 Å². The highest BCUT2D eigenvalue weighted by atomic mass is 35.5. The second-order valence-corrected chi connectivity index (χ2v) is 6.41. The number of nitrogens with zero attached hydrogens (tertiary/aromatic N) is 2. The summed E-state index contributed by atoms with van der Waals surface area (Å²) in [6, 6.07) is 16.6. The van der Waals surface area contributed by atoms with Gasteiger partial charge in [-0.05, 0) is 42.9 Å². The summed E-state index contributed by atoms with van der Waals surface area (Å²) in [6.45, 7) is 1.51. The van der Waals surface area contributed by atoms with Gasteiger partial charge < -0.3 is 15.5 Å². The molecule has 2 N–H and O–H groups in total. The summed E-state index contributed by atoms with van der Waals surface area (Å²) < 4.78 is 0. The Morgan fingerprint density at radius 2 is 1.72 bits per heavy atom. The number of nitrogens with two attached hydrogens (primary N) is 1. The summed E-state index contributed by atoms with van der Waals surface area (Å²) in [6.07, 6.45) is 0.438. The van der Waals surface area contributed by atoms with Crippen LogP contribution < -0.4 is 10.6 Å². The highest BCUT2D eigenvalue weighted by Gasteiger charge is 2.27. The smallest absolute Gasteiger partial charge is 0.228 e. The lowest BCUT2D eigenvalue weighted by Gasteiger charge is -2.18. The van der Waals surface area contributed by atoms with Crippen LogP contribution in [-0.4, -0.2) is 37.5 Å². The monoisotopic (exact) mass is 381 g/mol. The summed E-state index contributed by atoms with van der Waals surface area (Å²) in [5.74, 6) is 0.109. The van der Waals surface area contributed by atoms with Gasteiger partial charge in [0.15, 0.2) is 0 Å². The molecule has 1 fully saturated rings. The molecule has 3 rings (SSSR count). The maximum Gasteiger partial charge on any atom is 0.228 e. The van der Waals surface area contributed by atoms with Crippen molar-refractivity contribution in [2.75, 3.05) is 25.5 Å². The average molecular weight is 382 g/mol. The van der Waals surface area contributed by atoms with Gasteiger partial charge in [-0.25, -0.2) is 0 Å². The van der Waals surface area contributed by atoms with E-state index in [4.69, 9.17) is 5.73 Å². The highest BCUT2D eigenvalue weighted by Crippen LogP contribution is 2.28. The Morgan fingerprint density at radius 1 is 1.08 bits per heavy atom. The van der Waals surface area contributed by atoms with Crippen LogP contribution in [0.2, 0.25) is 0 Å². The Kier molecular flexibility index (Phi) is 7.90. The van der Waals surface area contributed by atoms with E-state index < -0.39 is 0 Å². The van der Waals surface area contributed by atoms with E-state index in [0.29, 0.717) is 13.0 Å². The Balaban J connectivity index is 0.00000156. The summed E-state index contributed by atoms with van der Waals surface area (Å²) in [5, 5.41) is 0. The van der Waals surface area contributed by atoms with Crippen LogP contribution >= 0.6 is 24.8 Å². The molecule has 25 heavy (non-hydrogen) atoms. The molecule has 0 spiro atoms. The zero-order valence-corrected chi connectivity index (χ0v) is 16.1. The summed E-state index contributed by atoms with van der Waals surface area (Å²) in [5.41, 5.74) is 10.5. The molecule has 2 aromatic carbocycles. The minimum absolute atomic E-state index is 0. The predicted octanol–water partition coefficient (Wildman–Crippen LogP) is 3.32. The predicted molar refractivity (Wildman–Crippen MR) is 109 cm³/mol. The van der Waals surface area contributed by atoms with Crippen molar-refractivity contribution in [3.05, 3.63) is 54.1 Å². The van der Waals surface area contributed by atoms with Crippen LogP contribution in [0.3, 0.4) is 0 Å². The number of benzene rings is 2. The van der Waals surface area contributed by atoms with Crippen LogP contribution in [0.4, 0.5) is 5.69 Å². The molecule has 1 atom stereocenters. The standard InChI is InChI=1S/C19H23N3O.2ClH/c1-21(2)12-15-5-3-4-6-18(15)14-7-9-17(10-8-14)22-13-16(20)11-19(22)23;;/h3-10,16H,11-13,20H2,1-2H3;2*1H. The number of hydrogen-bond acceptors (Lipinski definition) is 3. The molecular formula is C19H25Cl2N3O. The lowest BCUT2D eigenvalue weighted by molar-refractivity contribution is -0.117. The van der Waals surface area contributed by atoms with Gasteiger partial charge in [0.05, 0.1) is 0 Å². The van der Waals surface area contributed by atoms with E-state index in [1.807, 2.05) is 12.1 Å². The van der Waals surface area contributed by atoms with E-state index in [1.54, 1.807) is 4.90 Å². The first-order valence-corrected chi connectivity index (χ1v) is 7.93. The number of carbonyl (C=O) groups is 1. The molecule has 1 aliphatic rings. The number of rotatable bonds is 4. The fraction of sp³-hybridized carbons (Fsp3) is 0.316. The minimum Gasteiger partial charge on any atom is -0.326 e. The summed E-state index contributed by atoms with van der Waals surface area (Å²) in [4.78, 5) is 15.9. The van der Waals surface area contributed by atoms with Crippen LogP contribution in [0.25, 0.3) is 11.1 Å². The van der Waals surface area contributed by atoms with Crippen molar-refractivity contribution in [1.82, 2.24) is 4.90 Å². The lowest BCUT2D eigenvalue weighted by Crippen LogP contribution is -2.27. The second-order valence-electron chi connectivity index (χ2n) is 6.41. The van der Waals surface area contributed by atoms with Crippen LogP contribution in [0, 0.1) is 0 Å². The van der Waals surface area contributed by atoms with E-state index >= 15 is 0 Å². The molecule has 0 aliphatic carbocycles. The fourth-order valence-electron chi connectivity index (χ4n) is 3.09. The molecule has 0 bridgehead atoms. The molecule has 4 nitrogen and oxygen atoms in total. The van der Waals surface area contributed by atoms with Crippen LogP contribution in [0.1, 0.15) is 12.0 Å². The minimum atomic E-state index is -0.0528. The molecule has 1 saturated heterocycles. The van der Waals surface area contributed by atoms with E-state index in [-0.39, 0.29) is 36.8 Å². The van der Waals surface area contributed by atoms with E-state index in [0.717, 1.165) is 12.2 Å². The second kappa shape index (κ2) is 9.20. The third kappa shape index (κ3) is 4.95. The van der Waals surface area contributed by atoms with Crippen molar-refractivity contribution in [3.8, 4) is 11.1 Å². The number of amides is 1. The first kappa shape index (κ1) is 21.5. The molecular weight excluding hydrogens is 357 g/mol. The quantitative estimate of drug-likeness (QED) is 0.883. The Bertz CT molecular complexity index is 704. The van der Waals surface area contributed by atoms with Crippen LogP contribution in [0.5, 0.6) is 0 Å². The van der Waals surface area contributed by atoms with Crippen LogP contribution in [0.15, 0.2) is 48.5 Å². The van der Waals surface area contributed by atoms with Gasteiger partial charge in [-0.3, -0.25) is 4.79 Å². The normalized spacial score (nSPS) is 16.6. The van der Waals surface area contributed by atoms with Gasteiger partial charge in [-0.2, -0.15) is 0 Å². The summed E-state index contributed by atoms with van der Waals surface area (Å²) in [7, 11) is 4.14. The average Bonchev–Trinajstić information content (AvgIpc) is 2.86. The zero-order chi connectivity index (χ0) is 16.4. The van der Waals surface area contributed by atoms with Crippen molar-refractivity contribution >= 4 is 36.4 Å².